The number of hydrogen-bond acceptors (Lipinski definition) is 4. The zero-order valence-electron chi connectivity index (χ0n) is 13.0. The molecule has 6 heteroatoms. The van der Waals surface area contributed by atoms with Gasteiger partial charge in [-0.2, -0.15) is 0 Å². The van der Waals surface area contributed by atoms with Gasteiger partial charge in [0.15, 0.2) is 11.6 Å². The molecule has 0 spiro atoms. The zero-order chi connectivity index (χ0) is 16.9. The maximum absolute atomic E-state index is 13.1. The molecule has 2 aromatic heterocycles. The lowest BCUT2D eigenvalue weighted by Crippen LogP contribution is -2.42. The molecule has 24 heavy (non-hydrogen) atoms. The second kappa shape index (κ2) is 5.36. The van der Waals surface area contributed by atoms with Crippen LogP contribution in [0.1, 0.15) is 56.2 Å². The maximum atomic E-state index is 13.1. The van der Waals surface area contributed by atoms with Gasteiger partial charge in [-0.3, -0.25) is 9.59 Å². The first-order valence-corrected chi connectivity index (χ1v) is 11.9. The predicted octanol–water partition coefficient (Wildman–Crippen LogP) is 5.80. The summed E-state index contributed by atoms with van der Waals surface area (Å²) >= 11 is 8.12. The average Bonchev–Trinajstić information content (AvgIpc) is 3.20. The van der Waals surface area contributed by atoms with Crippen LogP contribution in [0.25, 0.3) is 0 Å². The van der Waals surface area contributed by atoms with Crippen molar-refractivity contribution < 1.29 is 9.59 Å². The van der Waals surface area contributed by atoms with Crippen LogP contribution in [-0.4, -0.2) is 11.6 Å². The summed E-state index contributed by atoms with van der Waals surface area (Å²) in [7, 11) is 0. The van der Waals surface area contributed by atoms with Crippen molar-refractivity contribution in [2.75, 3.05) is 0 Å². The van der Waals surface area contributed by atoms with Crippen LogP contribution < -0.4 is 0 Å². The molecule has 0 bridgehead atoms. The van der Waals surface area contributed by atoms with Crippen molar-refractivity contribution in [2.45, 2.75) is 25.7 Å². The van der Waals surface area contributed by atoms with Crippen molar-refractivity contribution in [1.82, 2.24) is 0 Å². The molecule has 3 aliphatic rings. The number of Topliss-reactive ketones (excluding diaryl/α,β-unsaturated/α-hetero) is 2. The van der Waals surface area contributed by atoms with Crippen LogP contribution in [-0.2, 0) is 0 Å². The van der Waals surface area contributed by atoms with E-state index in [1.165, 1.54) is 15.5 Å². The summed E-state index contributed by atoms with van der Waals surface area (Å²) in [5.41, 5.74) is 1.87. The number of thiophene rings is 2. The molecular formula is C18H14I2O2S2. The van der Waals surface area contributed by atoms with Gasteiger partial charge < -0.3 is 0 Å². The summed E-state index contributed by atoms with van der Waals surface area (Å²) in [4.78, 5) is 28.7. The quantitative estimate of drug-likeness (QED) is 0.370. The molecule has 6 atom stereocenters. The Hall–Kier alpha value is 0.200. The molecule has 0 N–H and O–H groups in total. The first-order chi connectivity index (χ1) is 11.4. The molecule has 1 saturated carbocycles. The number of hydrogen-bond donors (Lipinski definition) is 0. The highest BCUT2D eigenvalue weighted by Crippen LogP contribution is 2.63. The highest BCUT2D eigenvalue weighted by Gasteiger charge is 2.60. The highest BCUT2D eigenvalue weighted by molar-refractivity contribution is 14.1. The number of carbonyl (C=O) groups is 2. The normalized spacial score (nSPS) is 36.5. The van der Waals surface area contributed by atoms with Crippen molar-refractivity contribution in [1.29, 1.82) is 0 Å². The van der Waals surface area contributed by atoms with E-state index >= 15 is 0 Å². The van der Waals surface area contributed by atoms with Crippen molar-refractivity contribution >= 4 is 79.4 Å². The van der Waals surface area contributed by atoms with Crippen molar-refractivity contribution in [3.05, 3.63) is 38.8 Å². The number of halogens is 2. The molecule has 6 unspecified atom stereocenters. The molecule has 2 heterocycles. The molecule has 1 fully saturated rings. The summed E-state index contributed by atoms with van der Waals surface area (Å²) in [6, 6.07) is 4.11. The lowest BCUT2D eigenvalue weighted by Gasteiger charge is -2.43. The first-order valence-electron chi connectivity index (χ1n) is 8.07. The molecule has 3 aliphatic carbocycles. The van der Waals surface area contributed by atoms with E-state index in [2.05, 4.69) is 71.2 Å². The van der Waals surface area contributed by atoms with Crippen molar-refractivity contribution in [2.24, 2.45) is 23.7 Å². The van der Waals surface area contributed by atoms with E-state index in [1.54, 1.807) is 22.7 Å². The Labute approximate surface area is 175 Å². The van der Waals surface area contributed by atoms with Crippen LogP contribution in [0.4, 0.5) is 0 Å². The lowest BCUT2D eigenvalue weighted by molar-refractivity contribution is 0.0551. The minimum Gasteiger partial charge on any atom is -0.294 e. The largest absolute Gasteiger partial charge is 0.294 e. The van der Waals surface area contributed by atoms with E-state index < -0.39 is 0 Å². The smallest absolute Gasteiger partial charge is 0.168 e. The van der Waals surface area contributed by atoms with E-state index in [1.807, 2.05) is 0 Å². The van der Waals surface area contributed by atoms with Gasteiger partial charge in [-0.1, -0.05) is 13.8 Å². The van der Waals surface area contributed by atoms with Crippen LogP contribution >= 0.6 is 67.9 Å². The van der Waals surface area contributed by atoms with Crippen LogP contribution in [0.3, 0.4) is 0 Å². The molecular weight excluding hydrogens is 566 g/mol. The van der Waals surface area contributed by atoms with E-state index in [9.17, 15) is 9.59 Å². The number of carbonyl (C=O) groups excluding carboxylic acids is 2. The molecule has 0 radical (unpaired) electrons. The summed E-state index contributed by atoms with van der Waals surface area (Å²) in [5, 5.41) is 0. The Bertz CT molecular complexity index is 838. The van der Waals surface area contributed by atoms with Gasteiger partial charge in [0.2, 0.25) is 0 Å². The monoisotopic (exact) mass is 580 g/mol. The van der Waals surface area contributed by atoms with E-state index in [0.717, 1.165) is 11.1 Å². The predicted molar refractivity (Wildman–Crippen MR) is 114 cm³/mol. The van der Waals surface area contributed by atoms with E-state index in [0.29, 0.717) is 11.6 Å². The Kier molecular flexibility index (Phi) is 3.66. The highest BCUT2D eigenvalue weighted by atomic mass is 127. The molecule has 0 aromatic carbocycles. The number of fused-ring (bicyclic) bond motifs is 6. The summed E-state index contributed by atoms with van der Waals surface area (Å²) in [6.07, 6.45) is 0. The third-order valence-corrected chi connectivity index (χ3v) is 10.2. The first kappa shape index (κ1) is 16.4. The van der Waals surface area contributed by atoms with Gasteiger partial charge >= 0.3 is 0 Å². The van der Waals surface area contributed by atoms with Crippen LogP contribution in [0.15, 0.2) is 12.1 Å². The lowest BCUT2D eigenvalue weighted by atomic mass is 9.59. The minimum atomic E-state index is 0.0537. The molecule has 2 aromatic rings. The Morgan fingerprint density at radius 2 is 1.12 bits per heavy atom. The zero-order valence-corrected chi connectivity index (χ0v) is 19.0. The fourth-order valence-electron chi connectivity index (χ4n) is 5.35. The summed E-state index contributed by atoms with van der Waals surface area (Å²) < 4.78 is 2.36. The standard InChI is InChI=1S/C18H14I2O2S2/c1-5-11-14(18-7(15(11)21)3-10(20)24-18)6(2)12-13(5)17-8(16(12)22)4-9(19)23-17/h3-6,11-14H,1-2H3. The Morgan fingerprint density at radius 1 is 0.750 bits per heavy atom. The molecule has 5 rings (SSSR count). The fourth-order valence-corrected chi connectivity index (χ4v) is 9.70. The molecule has 0 amide bonds. The van der Waals surface area contributed by atoms with Gasteiger partial charge in [-0.15, -0.1) is 22.7 Å². The fraction of sp³-hybridized carbons (Fsp3) is 0.444. The van der Waals surface area contributed by atoms with Crippen molar-refractivity contribution in [3.63, 3.8) is 0 Å². The molecule has 124 valence electrons. The maximum Gasteiger partial charge on any atom is 0.168 e. The minimum absolute atomic E-state index is 0.0537. The van der Waals surface area contributed by atoms with Gasteiger partial charge in [0.25, 0.3) is 0 Å². The van der Waals surface area contributed by atoms with Gasteiger partial charge in [-0.05, 0) is 69.2 Å². The van der Waals surface area contributed by atoms with Gasteiger partial charge in [-0.25, -0.2) is 0 Å². The Morgan fingerprint density at radius 3 is 1.50 bits per heavy atom. The Balaban J connectivity index is 1.68. The van der Waals surface area contributed by atoms with Gasteiger partial charge in [0.1, 0.15) is 0 Å². The average molecular weight is 580 g/mol. The molecule has 2 nitrogen and oxygen atoms in total. The summed E-state index contributed by atoms with van der Waals surface area (Å²) in [5.74, 6) is 1.68. The van der Waals surface area contributed by atoms with E-state index in [-0.39, 0.29) is 35.5 Å². The third kappa shape index (κ3) is 1.91. The van der Waals surface area contributed by atoms with Gasteiger partial charge in [0.05, 0.1) is 5.77 Å². The number of ketones is 2. The SMILES string of the molecule is CC1C2C(=O)c3cc(I)sc3C2C(C)C2C(=O)c3cc(I)sc3C12. The van der Waals surface area contributed by atoms with Crippen LogP contribution in [0, 0.1) is 29.4 Å². The van der Waals surface area contributed by atoms with Crippen molar-refractivity contribution in [3.8, 4) is 0 Å². The summed E-state index contributed by atoms with van der Waals surface area (Å²) in [6.45, 7) is 4.41. The second-order valence-corrected chi connectivity index (χ2v) is 13.2. The topological polar surface area (TPSA) is 34.1 Å². The molecule has 0 aliphatic heterocycles. The van der Waals surface area contributed by atoms with E-state index in [4.69, 9.17) is 0 Å². The molecule has 0 saturated heterocycles. The second-order valence-electron chi connectivity index (χ2n) is 7.21. The third-order valence-electron chi connectivity index (χ3n) is 6.24. The number of rotatable bonds is 0. The van der Waals surface area contributed by atoms with Crippen LogP contribution in [0.2, 0.25) is 0 Å². The van der Waals surface area contributed by atoms with Gasteiger partial charge in [0, 0.05) is 44.6 Å². The van der Waals surface area contributed by atoms with Crippen LogP contribution in [0.5, 0.6) is 0 Å².